The van der Waals surface area contributed by atoms with E-state index in [1.54, 1.807) is 13.8 Å². The maximum atomic E-state index is 10.3. The van der Waals surface area contributed by atoms with Crippen LogP contribution in [0.4, 0.5) is 0 Å². The largest absolute Gasteiger partial charge is 0.427 e. The number of benzene rings is 3. The molecule has 4 nitrogen and oxygen atoms in total. The van der Waals surface area contributed by atoms with Crippen LogP contribution in [0.15, 0.2) is 78.9 Å². The van der Waals surface area contributed by atoms with E-state index in [9.17, 15) is 5.11 Å². The number of hydrogen-bond acceptors (Lipinski definition) is 3. The van der Waals surface area contributed by atoms with Crippen molar-refractivity contribution in [3.63, 3.8) is 0 Å². The minimum atomic E-state index is -0.923. The van der Waals surface area contributed by atoms with Gasteiger partial charge < -0.3 is 9.76 Å². The monoisotopic (exact) mass is 398 g/mol. The summed E-state index contributed by atoms with van der Waals surface area (Å²) in [6.07, 6.45) is 0. The fraction of sp³-hybridized carbons (Fsp3) is 0.240. The molecule has 3 aromatic carbocycles. The molecule has 0 fully saturated rings. The van der Waals surface area contributed by atoms with Gasteiger partial charge in [0.15, 0.2) is 0 Å². The third-order valence-electron chi connectivity index (χ3n) is 5.86. The Hall–Kier alpha value is -2.89. The zero-order chi connectivity index (χ0) is 21.4. The molecule has 30 heavy (non-hydrogen) atoms. The first-order valence-electron chi connectivity index (χ1n) is 10.2. The number of aromatic nitrogens is 2. The standard InChI is InChI=1S/C25H27BN2O2/c1-24(2,29)25(3,4)30-26-19-16-14-18(15-17-19)23-27-21-12-8-9-13-22(21)28(23)20-10-6-5-7-11-20/h5-17,26,29H,1-4H3. The van der Waals surface area contributed by atoms with Gasteiger partial charge in [0.1, 0.15) is 5.82 Å². The Morgan fingerprint density at radius 2 is 1.47 bits per heavy atom. The van der Waals surface area contributed by atoms with Crippen LogP contribution in [0.5, 0.6) is 0 Å². The summed E-state index contributed by atoms with van der Waals surface area (Å²) in [7, 11) is 0.437. The van der Waals surface area contributed by atoms with E-state index in [2.05, 4.69) is 47.0 Å². The van der Waals surface area contributed by atoms with E-state index in [1.807, 2.05) is 50.2 Å². The van der Waals surface area contributed by atoms with E-state index < -0.39 is 11.2 Å². The second kappa shape index (κ2) is 7.75. The highest BCUT2D eigenvalue weighted by Crippen LogP contribution is 2.28. The number of para-hydroxylation sites is 3. The molecule has 1 heterocycles. The molecule has 0 bridgehead atoms. The number of nitrogens with zero attached hydrogens (tertiary/aromatic N) is 2. The van der Waals surface area contributed by atoms with Crippen LogP contribution in [0.25, 0.3) is 28.1 Å². The minimum Gasteiger partial charge on any atom is -0.427 e. The number of imidazole rings is 1. The molecule has 1 aromatic heterocycles. The van der Waals surface area contributed by atoms with Crippen molar-refractivity contribution in [3.05, 3.63) is 78.9 Å². The second-order valence-corrected chi connectivity index (χ2v) is 8.65. The lowest BCUT2D eigenvalue weighted by molar-refractivity contribution is -0.0893. The summed E-state index contributed by atoms with van der Waals surface area (Å²) >= 11 is 0. The van der Waals surface area contributed by atoms with Gasteiger partial charge in [0.05, 0.1) is 22.2 Å². The van der Waals surface area contributed by atoms with Crippen LogP contribution in [-0.2, 0) is 4.65 Å². The predicted molar refractivity (Wildman–Crippen MR) is 125 cm³/mol. The Morgan fingerprint density at radius 3 is 2.13 bits per heavy atom. The van der Waals surface area contributed by atoms with Crippen LogP contribution in [0.2, 0.25) is 0 Å². The highest BCUT2D eigenvalue weighted by molar-refractivity contribution is 6.47. The Balaban J connectivity index is 1.67. The topological polar surface area (TPSA) is 47.3 Å². The van der Waals surface area contributed by atoms with E-state index in [1.165, 1.54) is 0 Å². The van der Waals surface area contributed by atoms with Crippen LogP contribution >= 0.6 is 0 Å². The van der Waals surface area contributed by atoms with E-state index in [4.69, 9.17) is 9.64 Å². The second-order valence-electron chi connectivity index (χ2n) is 8.65. The highest BCUT2D eigenvalue weighted by Gasteiger charge is 2.35. The number of rotatable bonds is 6. The maximum Gasteiger partial charge on any atom is 0.309 e. The van der Waals surface area contributed by atoms with E-state index in [0.717, 1.165) is 33.6 Å². The van der Waals surface area contributed by atoms with Crippen molar-refractivity contribution in [1.29, 1.82) is 0 Å². The van der Waals surface area contributed by atoms with Crippen molar-refractivity contribution >= 4 is 24.0 Å². The minimum absolute atomic E-state index is 0.437. The van der Waals surface area contributed by atoms with Gasteiger partial charge in [-0.05, 0) is 52.0 Å². The molecule has 0 aliphatic heterocycles. The summed E-state index contributed by atoms with van der Waals surface area (Å²) in [5, 5.41) is 10.3. The van der Waals surface area contributed by atoms with Gasteiger partial charge in [-0.2, -0.15) is 0 Å². The first-order valence-corrected chi connectivity index (χ1v) is 10.2. The lowest BCUT2D eigenvalue weighted by Gasteiger charge is -2.37. The van der Waals surface area contributed by atoms with Crippen molar-refractivity contribution in [2.24, 2.45) is 0 Å². The molecule has 0 aliphatic rings. The van der Waals surface area contributed by atoms with E-state index in [0.29, 0.717) is 7.48 Å². The molecule has 4 aromatic rings. The average Bonchev–Trinajstić information content (AvgIpc) is 3.12. The first-order chi connectivity index (χ1) is 14.3. The summed E-state index contributed by atoms with van der Waals surface area (Å²) in [6, 6.07) is 26.8. The Labute approximate surface area is 178 Å². The molecule has 0 radical (unpaired) electrons. The summed E-state index contributed by atoms with van der Waals surface area (Å²) in [6.45, 7) is 7.35. The summed E-state index contributed by atoms with van der Waals surface area (Å²) in [4.78, 5) is 4.91. The molecule has 0 saturated carbocycles. The zero-order valence-corrected chi connectivity index (χ0v) is 18.0. The average molecular weight is 398 g/mol. The van der Waals surface area contributed by atoms with Crippen molar-refractivity contribution in [1.82, 2.24) is 9.55 Å². The van der Waals surface area contributed by atoms with Gasteiger partial charge in [0, 0.05) is 11.3 Å². The summed E-state index contributed by atoms with van der Waals surface area (Å²) < 4.78 is 8.19. The molecule has 4 rings (SSSR count). The fourth-order valence-electron chi connectivity index (χ4n) is 3.25. The zero-order valence-electron chi connectivity index (χ0n) is 18.0. The van der Waals surface area contributed by atoms with Crippen molar-refractivity contribution in [2.45, 2.75) is 38.9 Å². The molecule has 1 N–H and O–H groups in total. The van der Waals surface area contributed by atoms with E-state index in [-0.39, 0.29) is 0 Å². The summed E-state index contributed by atoms with van der Waals surface area (Å²) in [5.74, 6) is 0.909. The van der Waals surface area contributed by atoms with Crippen molar-refractivity contribution in [2.75, 3.05) is 0 Å². The number of aliphatic hydroxyl groups is 1. The van der Waals surface area contributed by atoms with Gasteiger partial charge in [0.2, 0.25) is 0 Å². The van der Waals surface area contributed by atoms with Crippen LogP contribution in [0.3, 0.4) is 0 Å². The van der Waals surface area contributed by atoms with E-state index >= 15 is 0 Å². The third-order valence-corrected chi connectivity index (χ3v) is 5.86. The first kappa shape index (κ1) is 20.4. The lowest BCUT2D eigenvalue weighted by Crippen LogP contribution is -2.49. The molecular weight excluding hydrogens is 371 g/mol. The van der Waals surface area contributed by atoms with Gasteiger partial charge in [0.25, 0.3) is 0 Å². The molecule has 0 unspecified atom stereocenters. The maximum absolute atomic E-state index is 10.3. The Kier molecular flexibility index (Phi) is 5.26. The molecule has 0 atom stereocenters. The number of fused-ring (bicyclic) bond motifs is 1. The molecule has 0 amide bonds. The smallest absolute Gasteiger partial charge is 0.309 e. The Bertz CT molecular complexity index is 1140. The lowest BCUT2D eigenvalue weighted by atomic mass is 9.82. The van der Waals surface area contributed by atoms with Crippen LogP contribution in [-0.4, -0.2) is 33.3 Å². The normalized spacial score (nSPS) is 12.3. The predicted octanol–water partition coefficient (Wildman–Crippen LogP) is 4.24. The van der Waals surface area contributed by atoms with Gasteiger partial charge in [-0.15, -0.1) is 0 Å². The van der Waals surface area contributed by atoms with Crippen LogP contribution in [0, 0.1) is 0 Å². The van der Waals surface area contributed by atoms with Crippen LogP contribution in [0.1, 0.15) is 27.7 Å². The number of hydrogen-bond donors (Lipinski definition) is 1. The summed E-state index contributed by atoms with van der Waals surface area (Å²) in [5.41, 5.74) is 3.66. The Morgan fingerprint density at radius 1 is 0.833 bits per heavy atom. The third kappa shape index (κ3) is 3.91. The van der Waals surface area contributed by atoms with Crippen molar-refractivity contribution < 1.29 is 9.76 Å². The molecular formula is C25H27BN2O2. The molecule has 5 heteroatoms. The molecule has 0 aliphatic carbocycles. The fourth-order valence-corrected chi connectivity index (χ4v) is 3.25. The van der Waals surface area contributed by atoms with Crippen LogP contribution < -0.4 is 5.46 Å². The quantitative estimate of drug-likeness (QED) is 0.495. The van der Waals surface area contributed by atoms with Gasteiger partial charge in [-0.25, -0.2) is 4.98 Å². The van der Waals surface area contributed by atoms with Crippen molar-refractivity contribution in [3.8, 4) is 17.1 Å². The molecule has 0 saturated heterocycles. The SMILES string of the molecule is CC(C)(O)C(C)(C)OBc1ccc(-c2nc3ccccc3n2-c2ccccc2)cc1. The van der Waals surface area contributed by atoms with Gasteiger partial charge in [-0.3, -0.25) is 4.57 Å². The van der Waals surface area contributed by atoms with Gasteiger partial charge in [-0.1, -0.05) is 60.1 Å². The van der Waals surface area contributed by atoms with Gasteiger partial charge >= 0.3 is 7.48 Å². The molecule has 152 valence electrons. The molecule has 0 spiro atoms. The highest BCUT2D eigenvalue weighted by atomic mass is 16.5.